The fourth-order valence-electron chi connectivity index (χ4n) is 3.92. The molecule has 0 saturated carbocycles. The molecule has 0 atom stereocenters. The molecule has 0 N–H and O–H groups in total. The fraction of sp³-hybridized carbons (Fsp3) is 0.125. The summed E-state index contributed by atoms with van der Waals surface area (Å²) in [5, 5.41) is 5.18. The van der Waals surface area contributed by atoms with Crippen LogP contribution >= 0.6 is 0 Å². The number of fused-ring (bicyclic) bond motifs is 2. The zero-order chi connectivity index (χ0) is 23.8. The van der Waals surface area contributed by atoms with Crippen LogP contribution in [0.5, 0.6) is 0 Å². The molecule has 4 aromatic rings. The van der Waals surface area contributed by atoms with Gasteiger partial charge in [-0.1, -0.05) is 73.5 Å². The Morgan fingerprint density at radius 3 is 1.28 bits per heavy atom. The summed E-state index contributed by atoms with van der Waals surface area (Å²) in [6, 6.07) is 30.0. The molecule has 4 heteroatoms. The van der Waals surface area contributed by atoms with Gasteiger partial charge in [0, 0.05) is 0 Å². The molecule has 6 rings (SSSR count). The van der Waals surface area contributed by atoms with Crippen LogP contribution in [0, 0.1) is 12.2 Å². The van der Waals surface area contributed by atoms with E-state index >= 15 is 0 Å². The van der Waals surface area contributed by atoms with Crippen molar-refractivity contribution < 1.29 is 48.1 Å². The summed E-state index contributed by atoms with van der Waals surface area (Å²) in [5.74, 6) is 0. The zero-order valence-electron chi connectivity index (χ0n) is 20.6. The van der Waals surface area contributed by atoms with Crippen LogP contribution in [0.25, 0.3) is 32.7 Å². The topological polar surface area (TPSA) is 0 Å². The van der Waals surface area contributed by atoms with Crippen LogP contribution in [0.3, 0.4) is 0 Å². The summed E-state index contributed by atoms with van der Waals surface area (Å²) >= 11 is 1.74. The first kappa shape index (κ1) is 30.3. The van der Waals surface area contributed by atoms with E-state index in [0.29, 0.717) is 0 Å². The number of benzene rings is 4. The van der Waals surface area contributed by atoms with E-state index in [1.807, 2.05) is 0 Å². The average molecular weight is 603 g/mol. The van der Waals surface area contributed by atoms with Gasteiger partial charge in [0.1, 0.15) is 0 Å². The standard InChI is InChI=1S/2C15H11.C2H6Si.2ClH.Zr/c2*1-2-6-12(5-1)15-10-9-13-7-3-4-8-14(13)11-15;1-3-2;;;/h2*1,3-5,7-11H,2H2;1-2H3;2*1H;/q2*-1;;;;+2/p-2. The third kappa shape index (κ3) is 8.56. The molecule has 0 aromatic heterocycles. The van der Waals surface area contributed by atoms with Gasteiger partial charge in [-0.2, -0.15) is 35.5 Å². The fourth-order valence-corrected chi connectivity index (χ4v) is 3.92. The smallest absolute Gasteiger partial charge is 0.0205 e. The number of allylic oxidation sites excluding steroid dienone is 8. The van der Waals surface area contributed by atoms with Crippen molar-refractivity contribution in [2.75, 3.05) is 0 Å². The maximum absolute atomic E-state index is 3.34. The molecule has 4 aromatic carbocycles. The van der Waals surface area contributed by atoms with Crippen LogP contribution < -0.4 is 24.8 Å². The molecular weight excluding hydrogens is 575 g/mol. The van der Waals surface area contributed by atoms with E-state index in [1.165, 1.54) is 43.8 Å². The molecule has 2 aliphatic carbocycles. The van der Waals surface area contributed by atoms with Crippen molar-refractivity contribution in [3.63, 3.8) is 0 Å². The van der Waals surface area contributed by atoms with E-state index < -0.39 is 0 Å². The summed E-state index contributed by atoms with van der Waals surface area (Å²) in [6.45, 7) is 4.62. The third-order valence-electron chi connectivity index (χ3n) is 5.51. The summed E-state index contributed by atoms with van der Waals surface area (Å²) in [5.41, 5.74) is 5.19. The average Bonchev–Trinajstić information content (AvgIpc) is 3.58. The van der Waals surface area contributed by atoms with E-state index in [2.05, 4.69) is 134 Å². The number of hydrogen-bond donors (Lipinski definition) is 0. The second kappa shape index (κ2) is 15.3. The van der Waals surface area contributed by atoms with Gasteiger partial charge in [0.25, 0.3) is 0 Å². The van der Waals surface area contributed by atoms with Gasteiger partial charge < -0.3 is 24.8 Å². The molecular formula is C32H28Cl2SiZr-2. The Morgan fingerprint density at radius 2 is 0.944 bits per heavy atom. The van der Waals surface area contributed by atoms with Crippen LogP contribution in [-0.4, -0.2) is 5.43 Å². The monoisotopic (exact) mass is 600 g/mol. The Labute approximate surface area is 243 Å². The third-order valence-corrected chi connectivity index (χ3v) is 5.51. The zero-order valence-corrected chi connectivity index (χ0v) is 25.5. The molecule has 0 radical (unpaired) electrons. The molecule has 36 heavy (non-hydrogen) atoms. The Bertz CT molecular complexity index is 1340. The van der Waals surface area contributed by atoms with Gasteiger partial charge in [0.15, 0.2) is 0 Å². The summed E-state index contributed by atoms with van der Waals surface area (Å²) in [7, 11) is 0. The second-order valence-corrected chi connectivity index (χ2v) is 17.9. The van der Waals surface area contributed by atoms with Gasteiger partial charge in [-0.15, -0.1) is 47.5 Å². The van der Waals surface area contributed by atoms with Gasteiger partial charge in [-0.25, -0.2) is 0 Å². The van der Waals surface area contributed by atoms with Gasteiger partial charge >= 0.3 is 41.9 Å². The first-order valence-corrected chi connectivity index (χ1v) is 17.8. The van der Waals surface area contributed by atoms with Crippen LogP contribution in [0.15, 0.2) is 109 Å². The first-order chi connectivity index (χ1) is 16.6. The first-order valence-electron chi connectivity index (χ1n) is 11.6. The molecule has 0 saturated heterocycles. The quantitative estimate of drug-likeness (QED) is 0.245. The molecule has 0 nitrogen and oxygen atoms in total. The van der Waals surface area contributed by atoms with E-state index in [1.54, 1.807) is 23.3 Å². The number of hydrogen-bond acceptors (Lipinski definition) is 0. The summed E-state index contributed by atoms with van der Waals surface area (Å²) < 4.78 is 0. The molecule has 180 valence electrons. The van der Waals surface area contributed by atoms with Crippen molar-refractivity contribution >= 4 is 38.1 Å². The van der Waals surface area contributed by atoms with Crippen LogP contribution in [0.2, 0.25) is 13.1 Å². The van der Waals surface area contributed by atoms with E-state index in [-0.39, 0.29) is 30.2 Å². The van der Waals surface area contributed by atoms with Crippen LogP contribution in [0.1, 0.15) is 24.0 Å². The Kier molecular flexibility index (Phi) is 12.9. The van der Waals surface area contributed by atoms with Gasteiger partial charge in [-0.05, 0) is 21.5 Å². The summed E-state index contributed by atoms with van der Waals surface area (Å²) in [6.07, 6.45) is 17.2. The van der Waals surface area contributed by atoms with Gasteiger partial charge in [0.2, 0.25) is 0 Å². The SMILES string of the molecule is C[Si](C)=[Zr+2].[C-]1=C(c2ccc3ccccc3c2)C=CC1.[C-]1=C(c2ccc3ccccc3c2)C=CC1.[Cl-].[Cl-]. The van der Waals surface area contributed by atoms with E-state index in [0.717, 1.165) is 12.8 Å². The largest absolute Gasteiger partial charge is 1.00 e. The summed E-state index contributed by atoms with van der Waals surface area (Å²) in [4.78, 5) is 0. The Balaban J connectivity index is 0.000000211. The molecule has 0 spiro atoms. The molecule has 0 unspecified atom stereocenters. The maximum Gasteiger partial charge on any atom is -0.0205 e. The predicted molar refractivity (Wildman–Crippen MR) is 146 cm³/mol. The maximum atomic E-state index is 3.34. The molecule has 0 aliphatic heterocycles. The van der Waals surface area contributed by atoms with Crippen molar-refractivity contribution in [3.8, 4) is 0 Å². The molecule has 0 amide bonds. The van der Waals surface area contributed by atoms with E-state index in [4.69, 9.17) is 0 Å². The molecule has 0 heterocycles. The molecule has 0 bridgehead atoms. The van der Waals surface area contributed by atoms with Crippen LogP contribution in [-0.2, 0) is 23.3 Å². The van der Waals surface area contributed by atoms with Crippen molar-refractivity contribution in [3.05, 3.63) is 133 Å². The minimum Gasteiger partial charge on any atom is -1.00 e. The van der Waals surface area contributed by atoms with E-state index in [9.17, 15) is 0 Å². The minimum atomic E-state index is 0. The number of halogens is 2. The molecule has 0 fully saturated rings. The van der Waals surface area contributed by atoms with Crippen molar-refractivity contribution in [1.29, 1.82) is 0 Å². The van der Waals surface area contributed by atoms with Crippen LogP contribution in [0.4, 0.5) is 0 Å². The Morgan fingerprint density at radius 1 is 0.583 bits per heavy atom. The Hall–Kier alpha value is -1.96. The minimum absolute atomic E-state index is 0. The van der Waals surface area contributed by atoms with Crippen molar-refractivity contribution in [1.82, 2.24) is 0 Å². The number of rotatable bonds is 2. The van der Waals surface area contributed by atoms with Gasteiger partial charge in [-0.3, -0.25) is 0 Å². The second-order valence-electron chi connectivity index (χ2n) is 8.52. The molecule has 2 aliphatic rings. The normalized spacial score (nSPS) is 12.9. The van der Waals surface area contributed by atoms with Crippen molar-refractivity contribution in [2.45, 2.75) is 25.9 Å². The van der Waals surface area contributed by atoms with Gasteiger partial charge in [0.05, 0.1) is 0 Å². The predicted octanol–water partition coefficient (Wildman–Crippen LogP) is 2.76. The van der Waals surface area contributed by atoms with Crippen molar-refractivity contribution in [2.24, 2.45) is 0 Å².